The van der Waals surface area contributed by atoms with Gasteiger partial charge in [0.15, 0.2) is 0 Å². The number of ether oxygens (including phenoxy) is 1. The maximum Gasteiger partial charge on any atom is 0.319 e. The van der Waals surface area contributed by atoms with E-state index in [0.29, 0.717) is 13.1 Å². The van der Waals surface area contributed by atoms with Crippen molar-refractivity contribution >= 4 is 11.7 Å². The van der Waals surface area contributed by atoms with Gasteiger partial charge < -0.3 is 15.4 Å². The van der Waals surface area contributed by atoms with Crippen LogP contribution in [0.1, 0.15) is 11.1 Å². The molecule has 6 nitrogen and oxygen atoms in total. The molecule has 1 aromatic heterocycles. The van der Waals surface area contributed by atoms with Crippen LogP contribution in [0.3, 0.4) is 0 Å². The lowest BCUT2D eigenvalue weighted by molar-refractivity contribution is 0.251. The van der Waals surface area contributed by atoms with Gasteiger partial charge in [-0.15, -0.1) is 0 Å². The van der Waals surface area contributed by atoms with Crippen LogP contribution in [0.2, 0.25) is 0 Å². The number of hydrogen-bond acceptors (Lipinski definition) is 3. The third-order valence-corrected chi connectivity index (χ3v) is 3.75. The Bertz CT molecular complexity index is 814. The summed E-state index contributed by atoms with van der Waals surface area (Å²) in [5.41, 5.74) is 2.78. The summed E-state index contributed by atoms with van der Waals surface area (Å²) in [6.45, 7) is 1.10. The van der Waals surface area contributed by atoms with Crippen molar-refractivity contribution in [3.8, 4) is 5.75 Å². The fraction of sp³-hybridized carbons (Fsp3) is 0.158. The average Bonchev–Trinajstić information content (AvgIpc) is 3.15. The summed E-state index contributed by atoms with van der Waals surface area (Å²) in [5, 5.41) is 9.83. The maximum absolute atomic E-state index is 12.0. The molecule has 2 amide bonds. The number of aromatic nitrogens is 2. The quantitative estimate of drug-likeness (QED) is 0.726. The average molecular weight is 336 g/mol. The molecule has 0 unspecified atom stereocenters. The van der Waals surface area contributed by atoms with E-state index in [2.05, 4.69) is 15.7 Å². The monoisotopic (exact) mass is 336 g/mol. The molecule has 6 heteroatoms. The van der Waals surface area contributed by atoms with Gasteiger partial charge in [-0.2, -0.15) is 5.10 Å². The summed E-state index contributed by atoms with van der Waals surface area (Å²) in [4.78, 5) is 12.0. The van der Waals surface area contributed by atoms with E-state index in [0.717, 1.165) is 22.6 Å². The van der Waals surface area contributed by atoms with E-state index in [1.165, 1.54) is 0 Å². The molecule has 3 rings (SSSR count). The molecule has 0 atom stereocenters. The number of benzene rings is 2. The molecule has 25 heavy (non-hydrogen) atoms. The molecule has 3 aromatic rings. The summed E-state index contributed by atoms with van der Waals surface area (Å²) >= 11 is 0. The molecule has 0 saturated carbocycles. The molecule has 0 aliphatic heterocycles. The van der Waals surface area contributed by atoms with Gasteiger partial charge in [-0.3, -0.25) is 4.68 Å². The molecular formula is C19H20N4O2. The van der Waals surface area contributed by atoms with Gasteiger partial charge in [-0.25, -0.2) is 4.79 Å². The third kappa shape index (κ3) is 4.60. The lowest BCUT2D eigenvalue weighted by Crippen LogP contribution is -2.28. The van der Waals surface area contributed by atoms with Crippen LogP contribution >= 0.6 is 0 Å². The number of para-hydroxylation sites is 1. The summed E-state index contributed by atoms with van der Waals surface area (Å²) in [6.07, 6.45) is 3.67. The number of urea groups is 1. The molecule has 0 fully saturated rings. The summed E-state index contributed by atoms with van der Waals surface area (Å²) in [7, 11) is 1.61. The molecule has 0 bridgehead atoms. The molecule has 0 aliphatic rings. The Kier molecular flexibility index (Phi) is 5.31. The largest absolute Gasteiger partial charge is 0.496 e. The first-order valence-corrected chi connectivity index (χ1v) is 7.98. The second kappa shape index (κ2) is 8.01. The van der Waals surface area contributed by atoms with Crippen LogP contribution in [0.5, 0.6) is 5.75 Å². The topological polar surface area (TPSA) is 68.2 Å². The first kappa shape index (κ1) is 16.6. The van der Waals surface area contributed by atoms with Crippen LogP contribution in [0, 0.1) is 0 Å². The zero-order valence-corrected chi connectivity index (χ0v) is 14.0. The summed E-state index contributed by atoms with van der Waals surface area (Å²) in [6, 6.07) is 16.9. The Morgan fingerprint density at radius 2 is 1.92 bits per heavy atom. The Morgan fingerprint density at radius 3 is 2.64 bits per heavy atom. The Labute approximate surface area is 146 Å². The second-order valence-corrected chi connectivity index (χ2v) is 5.52. The van der Waals surface area contributed by atoms with E-state index in [-0.39, 0.29) is 6.03 Å². The fourth-order valence-electron chi connectivity index (χ4n) is 2.47. The van der Waals surface area contributed by atoms with Gasteiger partial charge in [-0.05, 0) is 29.8 Å². The minimum absolute atomic E-state index is 0.259. The van der Waals surface area contributed by atoms with Crippen molar-refractivity contribution in [1.82, 2.24) is 15.1 Å². The zero-order valence-electron chi connectivity index (χ0n) is 14.0. The van der Waals surface area contributed by atoms with E-state index >= 15 is 0 Å². The second-order valence-electron chi connectivity index (χ2n) is 5.52. The Morgan fingerprint density at radius 1 is 1.12 bits per heavy atom. The van der Waals surface area contributed by atoms with Crippen molar-refractivity contribution in [2.75, 3.05) is 12.4 Å². The third-order valence-electron chi connectivity index (χ3n) is 3.75. The Balaban J connectivity index is 1.52. The Hall–Kier alpha value is -3.28. The number of carbonyl (C=O) groups is 1. The number of nitrogens with one attached hydrogen (secondary N) is 2. The smallest absolute Gasteiger partial charge is 0.319 e. The predicted octanol–water partition coefficient (Wildman–Crippen LogP) is 3.26. The van der Waals surface area contributed by atoms with Crippen molar-refractivity contribution in [1.29, 1.82) is 0 Å². The number of nitrogens with zero attached hydrogens (tertiary/aromatic N) is 2. The van der Waals surface area contributed by atoms with Crippen LogP contribution in [0.15, 0.2) is 67.0 Å². The molecule has 1 heterocycles. The number of methoxy groups -OCH3 is 1. The van der Waals surface area contributed by atoms with Crippen molar-refractivity contribution in [2.24, 2.45) is 0 Å². The molecule has 0 aliphatic carbocycles. The zero-order chi connectivity index (χ0) is 17.5. The van der Waals surface area contributed by atoms with E-state index in [9.17, 15) is 4.79 Å². The number of anilines is 1. The highest BCUT2D eigenvalue weighted by molar-refractivity contribution is 5.89. The first-order chi connectivity index (χ1) is 12.2. The summed E-state index contributed by atoms with van der Waals surface area (Å²) < 4.78 is 7.12. The van der Waals surface area contributed by atoms with E-state index < -0.39 is 0 Å². The minimum Gasteiger partial charge on any atom is -0.496 e. The molecule has 0 spiro atoms. The SMILES string of the molecule is COc1ccccc1CNC(=O)Nc1ccc(Cn2cccn2)cc1. The molecule has 0 radical (unpaired) electrons. The fourth-order valence-corrected chi connectivity index (χ4v) is 2.47. The van der Waals surface area contributed by atoms with Crippen LogP contribution in [-0.2, 0) is 13.1 Å². The van der Waals surface area contributed by atoms with Crippen molar-refractivity contribution in [2.45, 2.75) is 13.1 Å². The first-order valence-electron chi connectivity index (χ1n) is 7.98. The van der Waals surface area contributed by atoms with E-state index in [1.54, 1.807) is 13.3 Å². The van der Waals surface area contributed by atoms with Gasteiger partial charge >= 0.3 is 6.03 Å². The van der Waals surface area contributed by atoms with Crippen molar-refractivity contribution < 1.29 is 9.53 Å². The normalized spacial score (nSPS) is 10.3. The van der Waals surface area contributed by atoms with Crippen LogP contribution in [-0.4, -0.2) is 22.9 Å². The maximum atomic E-state index is 12.0. The van der Waals surface area contributed by atoms with Gasteiger partial charge in [0.2, 0.25) is 0 Å². The number of amides is 2. The minimum atomic E-state index is -0.259. The lowest BCUT2D eigenvalue weighted by atomic mass is 10.2. The van der Waals surface area contributed by atoms with Crippen LogP contribution in [0.4, 0.5) is 10.5 Å². The molecule has 2 aromatic carbocycles. The highest BCUT2D eigenvalue weighted by Crippen LogP contribution is 2.17. The highest BCUT2D eigenvalue weighted by atomic mass is 16.5. The highest BCUT2D eigenvalue weighted by Gasteiger charge is 2.05. The van der Waals surface area contributed by atoms with Crippen molar-refractivity contribution in [3.05, 3.63) is 78.1 Å². The molecular weight excluding hydrogens is 316 g/mol. The molecule has 2 N–H and O–H groups in total. The number of rotatable bonds is 6. The predicted molar refractivity (Wildman–Crippen MR) is 96.6 cm³/mol. The van der Waals surface area contributed by atoms with Gasteiger partial charge in [0, 0.05) is 30.2 Å². The van der Waals surface area contributed by atoms with E-state index in [4.69, 9.17) is 4.74 Å². The molecule has 0 saturated heterocycles. The van der Waals surface area contributed by atoms with Gasteiger partial charge in [-0.1, -0.05) is 30.3 Å². The van der Waals surface area contributed by atoms with Gasteiger partial charge in [0.25, 0.3) is 0 Å². The van der Waals surface area contributed by atoms with Gasteiger partial charge in [0.1, 0.15) is 5.75 Å². The van der Waals surface area contributed by atoms with Crippen LogP contribution < -0.4 is 15.4 Å². The number of hydrogen-bond donors (Lipinski definition) is 2. The standard InChI is InChI=1S/C19H20N4O2/c1-25-18-6-3-2-5-16(18)13-20-19(24)22-17-9-7-15(8-10-17)14-23-12-4-11-21-23/h2-12H,13-14H2,1H3,(H2,20,22,24). The molecule has 128 valence electrons. The van der Waals surface area contributed by atoms with Crippen LogP contribution in [0.25, 0.3) is 0 Å². The number of carbonyl (C=O) groups excluding carboxylic acids is 1. The van der Waals surface area contributed by atoms with Crippen molar-refractivity contribution in [3.63, 3.8) is 0 Å². The summed E-state index contributed by atoms with van der Waals surface area (Å²) in [5.74, 6) is 0.755. The lowest BCUT2D eigenvalue weighted by Gasteiger charge is -2.11. The van der Waals surface area contributed by atoms with Gasteiger partial charge in [0.05, 0.1) is 13.7 Å². The van der Waals surface area contributed by atoms with E-state index in [1.807, 2.05) is 65.5 Å².